The molecule has 0 aliphatic rings. The van der Waals surface area contributed by atoms with Crippen molar-refractivity contribution in [3.8, 4) is 5.75 Å². The van der Waals surface area contributed by atoms with E-state index in [0.717, 1.165) is 32.1 Å². The average molecular weight is 308 g/mol. The van der Waals surface area contributed by atoms with Gasteiger partial charge in [0.1, 0.15) is 5.75 Å². The number of ether oxygens (including phenoxy) is 1. The van der Waals surface area contributed by atoms with Gasteiger partial charge in [0, 0.05) is 6.42 Å². The zero-order valence-electron chi connectivity index (χ0n) is 13.0. The second kappa shape index (κ2) is 9.82. The molecule has 22 heavy (non-hydrogen) atoms. The second-order valence-corrected chi connectivity index (χ2v) is 5.35. The number of carboxylic acids is 2. The maximum absolute atomic E-state index is 10.5. The van der Waals surface area contributed by atoms with Gasteiger partial charge in [0.05, 0.1) is 0 Å². The van der Waals surface area contributed by atoms with Crippen molar-refractivity contribution >= 4 is 11.9 Å². The predicted octanol–water partition coefficient (Wildman–Crippen LogP) is 3.68. The summed E-state index contributed by atoms with van der Waals surface area (Å²) in [6.45, 7) is 1.80. The molecule has 1 atom stereocenters. The van der Waals surface area contributed by atoms with Gasteiger partial charge in [0.2, 0.25) is 0 Å². The molecule has 5 heteroatoms. The van der Waals surface area contributed by atoms with E-state index in [2.05, 4.69) is 6.92 Å². The molecule has 0 radical (unpaired) electrons. The van der Waals surface area contributed by atoms with Gasteiger partial charge >= 0.3 is 11.9 Å². The van der Waals surface area contributed by atoms with Crippen molar-refractivity contribution in [2.24, 2.45) is 0 Å². The van der Waals surface area contributed by atoms with Crippen LogP contribution in [0, 0.1) is 0 Å². The highest BCUT2D eigenvalue weighted by atomic mass is 16.5. The third-order valence-electron chi connectivity index (χ3n) is 3.65. The lowest BCUT2D eigenvalue weighted by Gasteiger charge is -2.15. The Morgan fingerprint density at radius 1 is 1.05 bits per heavy atom. The summed E-state index contributed by atoms with van der Waals surface area (Å²) in [7, 11) is 0. The number of carboxylic acid groups (broad SMARTS) is 2. The van der Waals surface area contributed by atoms with E-state index < -0.39 is 11.9 Å². The number of hydrogen-bond donors (Lipinski definition) is 2. The van der Waals surface area contributed by atoms with E-state index in [0.29, 0.717) is 11.7 Å². The highest BCUT2D eigenvalue weighted by Crippen LogP contribution is 2.27. The molecule has 0 heterocycles. The lowest BCUT2D eigenvalue weighted by Crippen LogP contribution is -2.09. The van der Waals surface area contributed by atoms with Crippen molar-refractivity contribution in [3.05, 3.63) is 29.8 Å². The highest BCUT2D eigenvalue weighted by Gasteiger charge is 2.10. The first-order valence-electron chi connectivity index (χ1n) is 7.69. The van der Waals surface area contributed by atoms with Crippen molar-refractivity contribution in [3.63, 3.8) is 0 Å². The fourth-order valence-electron chi connectivity index (χ4n) is 2.43. The van der Waals surface area contributed by atoms with Gasteiger partial charge in [-0.05, 0) is 42.9 Å². The molecule has 0 fully saturated rings. The van der Waals surface area contributed by atoms with Crippen LogP contribution in [-0.4, -0.2) is 28.8 Å². The van der Waals surface area contributed by atoms with E-state index >= 15 is 0 Å². The first-order valence-corrected chi connectivity index (χ1v) is 7.69. The number of hydrogen-bond acceptors (Lipinski definition) is 3. The van der Waals surface area contributed by atoms with E-state index in [1.807, 2.05) is 12.1 Å². The van der Waals surface area contributed by atoms with Crippen LogP contribution >= 0.6 is 0 Å². The summed E-state index contributed by atoms with van der Waals surface area (Å²) in [6, 6.07) is 7.54. The van der Waals surface area contributed by atoms with Gasteiger partial charge in [-0.3, -0.25) is 4.79 Å². The molecular weight excluding hydrogens is 284 g/mol. The lowest BCUT2D eigenvalue weighted by atomic mass is 9.91. The van der Waals surface area contributed by atoms with Crippen LogP contribution in [-0.2, 0) is 9.59 Å². The maximum atomic E-state index is 10.5. The largest absolute Gasteiger partial charge is 0.482 e. The molecule has 1 unspecified atom stereocenters. The Balaban J connectivity index is 2.42. The van der Waals surface area contributed by atoms with Gasteiger partial charge in [0.25, 0.3) is 0 Å². The van der Waals surface area contributed by atoms with Crippen LogP contribution in [0.4, 0.5) is 0 Å². The van der Waals surface area contributed by atoms with Gasteiger partial charge in [-0.1, -0.05) is 31.9 Å². The van der Waals surface area contributed by atoms with Crippen molar-refractivity contribution in [2.45, 2.75) is 51.4 Å². The SMILES string of the molecule is CCC(CCCCCC(=O)O)c1ccc(OCC(=O)O)cc1. The summed E-state index contributed by atoms with van der Waals surface area (Å²) in [5.74, 6) is -0.721. The zero-order valence-corrected chi connectivity index (χ0v) is 13.0. The molecule has 1 aromatic rings. The first kappa shape index (κ1) is 18.0. The zero-order chi connectivity index (χ0) is 16.4. The van der Waals surface area contributed by atoms with Crippen molar-refractivity contribution in [2.75, 3.05) is 6.61 Å². The van der Waals surface area contributed by atoms with Crippen LogP contribution in [0.2, 0.25) is 0 Å². The standard InChI is InChI=1S/C17H24O5/c1-2-13(6-4-3-5-7-16(18)19)14-8-10-15(11-9-14)22-12-17(20)21/h8-11,13H,2-7,12H2,1H3,(H,18,19)(H,20,21). The lowest BCUT2D eigenvalue weighted by molar-refractivity contribution is -0.139. The average Bonchev–Trinajstić information content (AvgIpc) is 2.49. The minimum absolute atomic E-state index is 0.242. The molecule has 0 saturated heterocycles. The van der Waals surface area contributed by atoms with Crippen LogP contribution in [0.1, 0.15) is 56.9 Å². The summed E-state index contributed by atoms with van der Waals surface area (Å²) < 4.78 is 5.12. The third kappa shape index (κ3) is 7.11. The van der Waals surface area contributed by atoms with E-state index in [9.17, 15) is 9.59 Å². The highest BCUT2D eigenvalue weighted by molar-refractivity contribution is 5.68. The predicted molar refractivity (Wildman–Crippen MR) is 83.3 cm³/mol. The summed E-state index contributed by atoms with van der Waals surface area (Å²) >= 11 is 0. The molecule has 0 amide bonds. The molecule has 0 bridgehead atoms. The van der Waals surface area contributed by atoms with Crippen molar-refractivity contribution < 1.29 is 24.5 Å². The number of unbranched alkanes of at least 4 members (excludes halogenated alkanes) is 2. The van der Waals surface area contributed by atoms with Crippen LogP contribution in [0.3, 0.4) is 0 Å². The Bertz CT molecular complexity index is 466. The molecule has 0 saturated carbocycles. The second-order valence-electron chi connectivity index (χ2n) is 5.35. The molecule has 122 valence electrons. The Hall–Kier alpha value is -2.04. The quantitative estimate of drug-likeness (QED) is 0.609. The summed E-state index contributed by atoms with van der Waals surface area (Å²) in [6.07, 6.45) is 4.98. The minimum Gasteiger partial charge on any atom is -0.482 e. The Morgan fingerprint density at radius 2 is 1.73 bits per heavy atom. The molecule has 1 rings (SSSR count). The number of aliphatic carboxylic acids is 2. The smallest absolute Gasteiger partial charge is 0.341 e. The molecular formula is C17H24O5. The van der Waals surface area contributed by atoms with E-state index in [1.54, 1.807) is 12.1 Å². The van der Waals surface area contributed by atoms with E-state index in [-0.39, 0.29) is 13.0 Å². The molecule has 1 aromatic carbocycles. The normalized spacial score (nSPS) is 11.9. The minimum atomic E-state index is -0.989. The summed E-state index contributed by atoms with van der Waals surface area (Å²) in [5.41, 5.74) is 1.21. The van der Waals surface area contributed by atoms with Gasteiger partial charge < -0.3 is 14.9 Å². The monoisotopic (exact) mass is 308 g/mol. The topological polar surface area (TPSA) is 83.8 Å². The number of carbonyl (C=O) groups is 2. The fraction of sp³-hybridized carbons (Fsp3) is 0.529. The van der Waals surface area contributed by atoms with Gasteiger partial charge in [0.15, 0.2) is 6.61 Å². The molecule has 2 N–H and O–H groups in total. The molecule has 0 aromatic heterocycles. The Labute approximate surface area is 130 Å². The summed E-state index contributed by atoms with van der Waals surface area (Å²) in [4.78, 5) is 20.9. The Morgan fingerprint density at radius 3 is 2.27 bits per heavy atom. The van der Waals surface area contributed by atoms with Crippen LogP contribution in [0.5, 0.6) is 5.75 Å². The van der Waals surface area contributed by atoms with Crippen LogP contribution in [0.25, 0.3) is 0 Å². The van der Waals surface area contributed by atoms with Crippen molar-refractivity contribution in [1.82, 2.24) is 0 Å². The number of rotatable bonds is 11. The van der Waals surface area contributed by atoms with E-state index in [4.69, 9.17) is 14.9 Å². The molecule has 0 spiro atoms. The van der Waals surface area contributed by atoms with Gasteiger partial charge in [-0.2, -0.15) is 0 Å². The molecule has 0 aliphatic carbocycles. The van der Waals surface area contributed by atoms with Gasteiger partial charge in [-0.25, -0.2) is 4.79 Å². The molecule has 5 nitrogen and oxygen atoms in total. The van der Waals surface area contributed by atoms with Crippen LogP contribution in [0.15, 0.2) is 24.3 Å². The number of benzene rings is 1. The third-order valence-corrected chi connectivity index (χ3v) is 3.65. The summed E-state index contributed by atoms with van der Waals surface area (Å²) in [5, 5.41) is 17.2. The fourth-order valence-corrected chi connectivity index (χ4v) is 2.43. The van der Waals surface area contributed by atoms with Gasteiger partial charge in [-0.15, -0.1) is 0 Å². The Kier molecular flexibility index (Phi) is 8.04. The van der Waals surface area contributed by atoms with Crippen LogP contribution < -0.4 is 4.74 Å². The first-order chi connectivity index (χ1) is 10.5. The maximum Gasteiger partial charge on any atom is 0.341 e. The molecule has 0 aliphatic heterocycles. The van der Waals surface area contributed by atoms with E-state index in [1.165, 1.54) is 5.56 Å². The van der Waals surface area contributed by atoms with Crippen molar-refractivity contribution in [1.29, 1.82) is 0 Å².